The van der Waals surface area contributed by atoms with Crippen molar-refractivity contribution in [2.75, 3.05) is 30.5 Å². The van der Waals surface area contributed by atoms with E-state index in [0.29, 0.717) is 17.1 Å². The van der Waals surface area contributed by atoms with Crippen molar-refractivity contribution >= 4 is 44.3 Å². The van der Waals surface area contributed by atoms with Gasteiger partial charge in [0.05, 0.1) is 5.75 Å². The van der Waals surface area contributed by atoms with Crippen LogP contribution in [0.1, 0.15) is 5.56 Å². The molecule has 0 aliphatic carbocycles. The molecule has 0 atom stereocenters. The highest BCUT2D eigenvalue weighted by Crippen LogP contribution is 2.23. The number of sulfone groups is 1. The SMILES string of the molecule is CN(CCS(C)(=O)=O)c1ccc(Cl)cc1C(N)=S. The van der Waals surface area contributed by atoms with Crippen LogP contribution in [0, 0.1) is 0 Å². The van der Waals surface area contributed by atoms with E-state index in [1.807, 2.05) is 0 Å². The van der Waals surface area contributed by atoms with Crippen LogP contribution in [0.4, 0.5) is 5.69 Å². The fraction of sp³-hybridized carbons (Fsp3) is 0.364. The van der Waals surface area contributed by atoms with Crippen molar-refractivity contribution in [3.05, 3.63) is 28.8 Å². The Hall–Kier alpha value is -0.850. The van der Waals surface area contributed by atoms with Gasteiger partial charge < -0.3 is 10.6 Å². The molecule has 0 saturated carbocycles. The first-order valence-electron chi connectivity index (χ1n) is 5.19. The predicted octanol–water partition coefficient (Wildman–Crippen LogP) is 1.46. The fourth-order valence-corrected chi connectivity index (χ4v) is 2.40. The summed E-state index contributed by atoms with van der Waals surface area (Å²) in [4.78, 5) is 2.03. The van der Waals surface area contributed by atoms with Crippen molar-refractivity contribution in [3.8, 4) is 0 Å². The molecule has 18 heavy (non-hydrogen) atoms. The van der Waals surface area contributed by atoms with Crippen LogP contribution in [0.3, 0.4) is 0 Å². The molecule has 0 fully saturated rings. The zero-order chi connectivity index (χ0) is 13.9. The van der Waals surface area contributed by atoms with Gasteiger partial charge in [-0.25, -0.2) is 8.42 Å². The van der Waals surface area contributed by atoms with Gasteiger partial charge in [-0.05, 0) is 18.2 Å². The molecule has 0 aliphatic rings. The van der Waals surface area contributed by atoms with Crippen LogP contribution < -0.4 is 10.6 Å². The van der Waals surface area contributed by atoms with E-state index in [1.165, 1.54) is 6.26 Å². The normalized spacial score (nSPS) is 11.3. The molecular weight excluding hydrogens is 292 g/mol. The molecule has 0 saturated heterocycles. The van der Waals surface area contributed by atoms with Gasteiger partial charge in [0.15, 0.2) is 0 Å². The van der Waals surface area contributed by atoms with E-state index >= 15 is 0 Å². The van der Waals surface area contributed by atoms with Gasteiger partial charge >= 0.3 is 0 Å². The molecule has 0 spiro atoms. The van der Waals surface area contributed by atoms with Crippen LogP contribution in [0.25, 0.3) is 0 Å². The Morgan fingerprint density at radius 3 is 2.61 bits per heavy atom. The molecule has 2 N–H and O–H groups in total. The third-order valence-electron chi connectivity index (χ3n) is 2.43. The lowest BCUT2D eigenvalue weighted by Crippen LogP contribution is -2.27. The number of nitrogens with zero attached hydrogens (tertiary/aromatic N) is 1. The number of hydrogen-bond acceptors (Lipinski definition) is 4. The molecular formula is C11H15ClN2O2S2. The minimum absolute atomic E-state index is 0.0723. The van der Waals surface area contributed by atoms with Crippen LogP contribution >= 0.6 is 23.8 Å². The van der Waals surface area contributed by atoms with Gasteiger partial charge in [0.1, 0.15) is 14.8 Å². The molecule has 0 radical (unpaired) electrons. The van der Waals surface area contributed by atoms with Crippen molar-refractivity contribution < 1.29 is 8.42 Å². The summed E-state index contributed by atoms with van der Waals surface area (Å²) < 4.78 is 22.3. The molecule has 1 aromatic rings. The summed E-state index contributed by atoms with van der Waals surface area (Å²) in [6, 6.07) is 5.17. The van der Waals surface area contributed by atoms with E-state index in [-0.39, 0.29) is 10.7 Å². The van der Waals surface area contributed by atoms with Crippen molar-refractivity contribution in [3.63, 3.8) is 0 Å². The Morgan fingerprint density at radius 1 is 1.50 bits per heavy atom. The first-order valence-corrected chi connectivity index (χ1v) is 8.03. The number of thiocarbonyl (C=S) groups is 1. The van der Waals surface area contributed by atoms with Crippen LogP contribution in [0.5, 0.6) is 0 Å². The molecule has 0 heterocycles. The molecule has 0 unspecified atom stereocenters. The van der Waals surface area contributed by atoms with E-state index in [9.17, 15) is 8.42 Å². The lowest BCUT2D eigenvalue weighted by molar-refractivity contribution is 0.601. The Balaban J connectivity index is 2.98. The minimum Gasteiger partial charge on any atom is -0.389 e. The van der Waals surface area contributed by atoms with E-state index in [2.05, 4.69) is 0 Å². The molecule has 100 valence electrons. The Kier molecular flexibility index (Phi) is 4.95. The quantitative estimate of drug-likeness (QED) is 0.834. The average molecular weight is 307 g/mol. The van der Waals surface area contributed by atoms with Crippen molar-refractivity contribution in [2.24, 2.45) is 5.73 Å². The maximum atomic E-state index is 11.1. The van der Waals surface area contributed by atoms with Gasteiger partial charge in [0.25, 0.3) is 0 Å². The third-order valence-corrected chi connectivity index (χ3v) is 3.81. The summed E-state index contributed by atoms with van der Waals surface area (Å²) >= 11 is 10.8. The van der Waals surface area contributed by atoms with Gasteiger partial charge in [-0.15, -0.1) is 0 Å². The molecule has 4 nitrogen and oxygen atoms in total. The zero-order valence-electron chi connectivity index (χ0n) is 10.2. The first kappa shape index (κ1) is 15.2. The summed E-state index contributed by atoms with van der Waals surface area (Å²) in [5, 5.41) is 0.540. The maximum absolute atomic E-state index is 11.1. The lowest BCUT2D eigenvalue weighted by Gasteiger charge is -2.21. The predicted molar refractivity (Wildman–Crippen MR) is 80.3 cm³/mol. The van der Waals surface area contributed by atoms with Crippen LogP contribution in [-0.2, 0) is 9.84 Å². The highest BCUT2D eigenvalue weighted by molar-refractivity contribution is 7.90. The second kappa shape index (κ2) is 5.86. The summed E-state index contributed by atoms with van der Waals surface area (Å²) in [6.45, 7) is 0.371. The van der Waals surface area contributed by atoms with Crippen LogP contribution in [0.15, 0.2) is 18.2 Å². The summed E-state index contributed by atoms with van der Waals surface area (Å²) in [6.07, 6.45) is 1.21. The number of hydrogen-bond donors (Lipinski definition) is 1. The number of anilines is 1. The standard InChI is InChI=1S/C11H15ClN2O2S2/c1-14(5-6-18(2,15)16)10-4-3-8(12)7-9(10)11(13)17/h3-4,7H,5-6H2,1-2H3,(H2,13,17). The van der Waals surface area contributed by atoms with Crippen molar-refractivity contribution in [1.82, 2.24) is 0 Å². The summed E-state index contributed by atoms with van der Waals surface area (Å²) in [5.41, 5.74) is 7.05. The van der Waals surface area contributed by atoms with E-state index in [0.717, 1.165) is 5.69 Å². The lowest BCUT2D eigenvalue weighted by atomic mass is 10.1. The van der Waals surface area contributed by atoms with Gasteiger partial charge in [0, 0.05) is 36.1 Å². The maximum Gasteiger partial charge on any atom is 0.149 e. The second-order valence-electron chi connectivity index (χ2n) is 4.08. The number of halogens is 1. The smallest absolute Gasteiger partial charge is 0.149 e. The summed E-state index contributed by atoms with van der Waals surface area (Å²) in [5.74, 6) is 0.0723. The Labute approximate surface area is 118 Å². The fourth-order valence-electron chi connectivity index (χ4n) is 1.46. The van der Waals surface area contributed by atoms with Crippen LogP contribution in [-0.4, -0.2) is 39.0 Å². The molecule has 0 aliphatic heterocycles. The Bertz CT molecular complexity index is 558. The first-order chi connectivity index (χ1) is 8.20. The average Bonchev–Trinajstić information content (AvgIpc) is 2.24. The van der Waals surface area contributed by atoms with E-state index in [1.54, 1.807) is 30.1 Å². The van der Waals surface area contributed by atoms with Gasteiger partial charge in [0.2, 0.25) is 0 Å². The number of nitrogens with two attached hydrogens (primary N) is 1. The molecule has 1 rings (SSSR count). The summed E-state index contributed by atoms with van der Waals surface area (Å²) in [7, 11) is -1.21. The van der Waals surface area contributed by atoms with Crippen LogP contribution in [0.2, 0.25) is 5.02 Å². The van der Waals surface area contributed by atoms with Gasteiger partial charge in [-0.3, -0.25) is 0 Å². The molecule has 0 amide bonds. The zero-order valence-corrected chi connectivity index (χ0v) is 12.6. The molecule has 1 aromatic carbocycles. The highest BCUT2D eigenvalue weighted by atomic mass is 35.5. The van der Waals surface area contributed by atoms with E-state index in [4.69, 9.17) is 29.6 Å². The highest BCUT2D eigenvalue weighted by Gasteiger charge is 2.12. The molecule has 0 bridgehead atoms. The molecule has 7 heteroatoms. The minimum atomic E-state index is -3.00. The largest absolute Gasteiger partial charge is 0.389 e. The monoisotopic (exact) mass is 306 g/mol. The van der Waals surface area contributed by atoms with Gasteiger partial charge in [-0.1, -0.05) is 23.8 Å². The Morgan fingerprint density at radius 2 is 2.11 bits per heavy atom. The van der Waals surface area contributed by atoms with Crippen molar-refractivity contribution in [2.45, 2.75) is 0 Å². The number of rotatable bonds is 5. The second-order valence-corrected chi connectivity index (χ2v) is 7.21. The topological polar surface area (TPSA) is 63.4 Å². The number of benzene rings is 1. The van der Waals surface area contributed by atoms with E-state index < -0.39 is 9.84 Å². The van der Waals surface area contributed by atoms with Gasteiger partial charge in [-0.2, -0.15) is 0 Å². The molecule has 0 aromatic heterocycles. The van der Waals surface area contributed by atoms with Crippen molar-refractivity contribution in [1.29, 1.82) is 0 Å². The third kappa shape index (κ3) is 4.44.